The highest BCUT2D eigenvalue weighted by atomic mass is 35.5. The lowest BCUT2D eigenvalue weighted by Gasteiger charge is -2.35. The van der Waals surface area contributed by atoms with E-state index in [2.05, 4.69) is 10.2 Å². The first-order valence-electron chi connectivity index (χ1n) is 8.84. The second-order valence-corrected chi connectivity index (χ2v) is 6.82. The Labute approximate surface area is 164 Å². The van der Waals surface area contributed by atoms with E-state index in [0.29, 0.717) is 23.9 Å². The first-order valence-corrected chi connectivity index (χ1v) is 9.21. The number of urea groups is 1. The van der Waals surface area contributed by atoms with Gasteiger partial charge in [-0.25, -0.2) is 4.79 Å². The second kappa shape index (κ2) is 8.97. The number of benzene rings is 2. The van der Waals surface area contributed by atoms with Crippen LogP contribution in [0.3, 0.4) is 0 Å². The van der Waals surface area contributed by atoms with Crippen LogP contribution in [-0.4, -0.2) is 56.2 Å². The van der Waals surface area contributed by atoms with E-state index in [0.717, 1.165) is 36.6 Å². The zero-order valence-corrected chi connectivity index (χ0v) is 16.3. The first kappa shape index (κ1) is 19.3. The van der Waals surface area contributed by atoms with E-state index < -0.39 is 0 Å². The van der Waals surface area contributed by atoms with E-state index in [-0.39, 0.29) is 6.03 Å². The minimum atomic E-state index is -0.0942. The quantitative estimate of drug-likeness (QED) is 0.847. The molecule has 2 aromatic rings. The molecule has 0 spiro atoms. The molecule has 2 aromatic carbocycles. The molecule has 0 atom stereocenters. The number of anilines is 1. The van der Waals surface area contributed by atoms with Gasteiger partial charge in [0.1, 0.15) is 11.5 Å². The van der Waals surface area contributed by atoms with Crippen molar-refractivity contribution in [2.75, 3.05) is 45.7 Å². The summed E-state index contributed by atoms with van der Waals surface area (Å²) >= 11 is 6.11. The van der Waals surface area contributed by atoms with Gasteiger partial charge in [-0.05, 0) is 30.3 Å². The van der Waals surface area contributed by atoms with E-state index >= 15 is 0 Å². The fraction of sp³-hybridized carbons (Fsp3) is 0.350. The van der Waals surface area contributed by atoms with Crippen molar-refractivity contribution in [1.82, 2.24) is 9.80 Å². The van der Waals surface area contributed by atoms with Crippen LogP contribution in [0.5, 0.6) is 11.5 Å². The number of nitrogens with zero attached hydrogens (tertiary/aromatic N) is 2. The van der Waals surface area contributed by atoms with Gasteiger partial charge in [0.2, 0.25) is 0 Å². The summed E-state index contributed by atoms with van der Waals surface area (Å²) in [5, 5.41) is 3.62. The van der Waals surface area contributed by atoms with E-state index in [9.17, 15) is 4.79 Å². The number of ether oxygens (including phenoxy) is 2. The van der Waals surface area contributed by atoms with Crippen LogP contribution in [0.1, 0.15) is 5.56 Å². The summed E-state index contributed by atoms with van der Waals surface area (Å²) in [6, 6.07) is 12.9. The Hall–Kier alpha value is -2.44. The number of hydrogen-bond donors (Lipinski definition) is 1. The van der Waals surface area contributed by atoms with Gasteiger partial charge in [-0.15, -0.1) is 0 Å². The summed E-state index contributed by atoms with van der Waals surface area (Å²) in [7, 11) is 3.27. The number of carbonyl (C=O) groups excluding carboxylic acids is 1. The van der Waals surface area contributed by atoms with Gasteiger partial charge in [0.15, 0.2) is 0 Å². The molecule has 1 N–H and O–H groups in total. The van der Waals surface area contributed by atoms with Crippen molar-refractivity contribution in [2.45, 2.75) is 6.54 Å². The van der Waals surface area contributed by atoms with Crippen LogP contribution in [0.15, 0.2) is 42.5 Å². The molecule has 6 nitrogen and oxygen atoms in total. The molecular weight excluding hydrogens is 366 g/mol. The lowest BCUT2D eigenvalue weighted by molar-refractivity contribution is 0.142. The molecule has 0 aromatic heterocycles. The summed E-state index contributed by atoms with van der Waals surface area (Å²) in [5.41, 5.74) is 1.78. The van der Waals surface area contributed by atoms with Crippen molar-refractivity contribution in [3.63, 3.8) is 0 Å². The number of rotatable bonds is 5. The van der Waals surface area contributed by atoms with Crippen LogP contribution in [0.25, 0.3) is 0 Å². The van der Waals surface area contributed by atoms with Gasteiger partial charge >= 0.3 is 6.03 Å². The van der Waals surface area contributed by atoms with Crippen LogP contribution < -0.4 is 14.8 Å². The average Bonchev–Trinajstić information content (AvgIpc) is 2.69. The van der Waals surface area contributed by atoms with E-state index in [1.807, 2.05) is 41.3 Å². The topological polar surface area (TPSA) is 54.0 Å². The van der Waals surface area contributed by atoms with Crippen LogP contribution in [0, 0.1) is 0 Å². The lowest BCUT2D eigenvalue weighted by Crippen LogP contribution is -2.49. The van der Waals surface area contributed by atoms with Crippen LogP contribution >= 0.6 is 11.6 Å². The molecule has 0 radical (unpaired) electrons. The average molecular weight is 390 g/mol. The molecule has 2 amide bonds. The molecular formula is C20H24ClN3O3. The fourth-order valence-electron chi connectivity index (χ4n) is 3.12. The number of nitrogens with one attached hydrogen (secondary N) is 1. The Balaban J connectivity index is 1.54. The smallest absolute Gasteiger partial charge is 0.321 e. The monoisotopic (exact) mass is 389 g/mol. The Morgan fingerprint density at radius 3 is 2.56 bits per heavy atom. The second-order valence-electron chi connectivity index (χ2n) is 6.38. The zero-order chi connectivity index (χ0) is 19.2. The van der Waals surface area contributed by atoms with E-state index in [1.165, 1.54) is 0 Å². The third-order valence-electron chi connectivity index (χ3n) is 4.62. The molecule has 27 heavy (non-hydrogen) atoms. The van der Waals surface area contributed by atoms with Crippen LogP contribution in [0.4, 0.5) is 10.5 Å². The SMILES string of the molecule is COc1cccc(NC(=O)N2CCN(Cc3cc(Cl)ccc3OC)CC2)c1. The van der Waals surface area contributed by atoms with Gasteiger partial charge in [0, 0.05) is 55.1 Å². The summed E-state index contributed by atoms with van der Waals surface area (Å²) in [6.07, 6.45) is 0. The first-order chi connectivity index (χ1) is 13.1. The predicted octanol–water partition coefficient (Wildman–Crippen LogP) is 3.71. The maximum absolute atomic E-state index is 12.5. The Morgan fingerprint density at radius 2 is 1.85 bits per heavy atom. The molecule has 144 valence electrons. The normalized spacial score (nSPS) is 14.7. The van der Waals surface area contributed by atoms with Gasteiger partial charge in [-0.3, -0.25) is 4.90 Å². The maximum Gasteiger partial charge on any atom is 0.321 e. The van der Waals surface area contributed by atoms with Gasteiger partial charge in [-0.1, -0.05) is 17.7 Å². The highest BCUT2D eigenvalue weighted by molar-refractivity contribution is 6.30. The standard InChI is InChI=1S/C20H24ClN3O3/c1-26-18-5-3-4-17(13-18)22-20(25)24-10-8-23(9-11-24)14-15-12-16(21)6-7-19(15)27-2/h3-7,12-13H,8-11,14H2,1-2H3,(H,22,25). The molecule has 1 aliphatic rings. The van der Waals surface area contributed by atoms with Crippen molar-refractivity contribution in [1.29, 1.82) is 0 Å². The number of carbonyl (C=O) groups is 1. The number of amides is 2. The van der Waals surface area contributed by atoms with Crippen LogP contribution in [-0.2, 0) is 6.54 Å². The van der Waals surface area contributed by atoms with Gasteiger partial charge < -0.3 is 19.7 Å². The molecule has 1 heterocycles. The Morgan fingerprint density at radius 1 is 1.07 bits per heavy atom. The minimum absolute atomic E-state index is 0.0942. The predicted molar refractivity (Wildman–Crippen MR) is 107 cm³/mol. The molecule has 0 unspecified atom stereocenters. The van der Waals surface area contributed by atoms with Crippen molar-refractivity contribution in [3.05, 3.63) is 53.1 Å². The van der Waals surface area contributed by atoms with Gasteiger partial charge in [0.25, 0.3) is 0 Å². The summed E-state index contributed by atoms with van der Waals surface area (Å²) < 4.78 is 10.6. The molecule has 1 aliphatic heterocycles. The van der Waals surface area contributed by atoms with Crippen molar-refractivity contribution < 1.29 is 14.3 Å². The molecule has 7 heteroatoms. The highest BCUT2D eigenvalue weighted by Crippen LogP contribution is 2.24. The third-order valence-corrected chi connectivity index (χ3v) is 4.85. The number of halogens is 1. The fourth-order valence-corrected chi connectivity index (χ4v) is 3.32. The van der Waals surface area contributed by atoms with Crippen molar-refractivity contribution in [3.8, 4) is 11.5 Å². The molecule has 0 bridgehead atoms. The summed E-state index contributed by atoms with van der Waals surface area (Å²) in [6.45, 7) is 3.66. The van der Waals surface area contributed by atoms with E-state index in [4.69, 9.17) is 21.1 Å². The largest absolute Gasteiger partial charge is 0.497 e. The zero-order valence-electron chi connectivity index (χ0n) is 15.6. The summed E-state index contributed by atoms with van der Waals surface area (Å²) in [5.74, 6) is 1.55. The van der Waals surface area contributed by atoms with Crippen molar-refractivity contribution >= 4 is 23.3 Å². The Kier molecular flexibility index (Phi) is 6.42. The molecule has 1 fully saturated rings. The summed E-state index contributed by atoms with van der Waals surface area (Å²) in [4.78, 5) is 16.6. The van der Waals surface area contributed by atoms with Crippen molar-refractivity contribution in [2.24, 2.45) is 0 Å². The highest BCUT2D eigenvalue weighted by Gasteiger charge is 2.22. The van der Waals surface area contributed by atoms with Gasteiger partial charge in [0.05, 0.1) is 14.2 Å². The van der Waals surface area contributed by atoms with Crippen LogP contribution in [0.2, 0.25) is 5.02 Å². The Bertz CT molecular complexity index is 792. The lowest BCUT2D eigenvalue weighted by atomic mass is 10.1. The molecule has 1 saturated heterocycles. The maximum atomic E-state index is 12.5. The number of methoxy groups -OCH3 is 2. The third kappa shape index (κ3) is 5.05. The molecule has 0 aliphatic carbocycles. The number of hydrogen-bond acceptors (Lipinski definition) is 4. The van der Waals surface area contributed by atoms with E-state index in [1.54, 1.807) is 20.3 Å². The molecule has 0 saturated carbocycles. The van der Waals surface area contributed by atoms with Gasteiger partial charge in [-0.2, -0.15) is 0 Å². The molecule has 3 rings (SSSR count). The minimum Gasteiger partial charge on any atom is -0.497 e. The number of piperazine rings is 1.